The van der Waals surface area contributed by atoms with Gasteiger partial charge in [-0.2, -0.15) is 0 Å². The third-order valence-electron chi connectivity index (χ3n) is 3.77. The minimum absolute atomic E-state index is 0.516. The molecule has 1 aromatic heterocycles. The number of nitrogens with zero attached hydrogens (tertiary/aromatic N) is 2. The van der Waals surface area contributed by atoms with Crippen LogP contribution in [-0.2, 0) is 0 Å². The van der Waals surface area contributed by atoms with Crippen LogP contribution in [0.2, 0.25) is 0 Å². The number of nitrogens with one attached hydrogen (secondary N) is 1. The van der Waals surface area contributed by atoms with Crippen molar-refractivity contribution in [1.82, 2.24) is 15.2 Å². The summed E-state index contributed by atoms with van der Waals surface area (Å²) in [6.45, 7) is 9.31. The van der Waals surface area contributed by atoms with Crippen LogP contribution in [-0.4, -0.2) is 36.1 Å². The van der Waals surface area contributed by atoms with E-state index in [1.54, 1.807) is 11.3 Å². The summed E-state index contributed by atoms with van der Waals surface area (Å²) in [5.41, 5.74) is 1.93. The van der Waals surface area contributed by atoms with Crippen molar-refractivity contribution in [3.8, 4) is 0 Å². The highest BCUT2D eigenvalue weighted by atomic mass is 32.1. The lowest BCUT2D eigenvalue weighted by Gasteiger charge is -2.32. The molecule has 0 amide bonds. The second-order valence-corrected chi connectivity index (χ2v) is 5.78. The quantitative estimate of drug-likeness (QED) is 0.874. The molecule has 0 radical (unpaired) electrons. The predicted molar refractivity (Wildman–Crippen MR) is 73.4 cm³/mol. The molecule has 1 N–H and O–H groups in total. The molecule has 4 heteroatoms. The van der Waals surface area contributed by atoms with Crippen molar-refractivity contribution in [1.29, 1.82) is 0 Å². The minimum Gasteiger partial charge on any atom is -0.317 e. The smallest absolute Gasteiger partial charge is 0.0794 e. The van der Waals surface area contributed by atoms with Gasteiger partial charge in [0.15, 0.2) is 0 Å². The van der Waals surface area contributed by atoms with Gasteiger partial charge in [0, 0.05) is 23.7 Å². The Morgan fingerprint density at radius 3 is 2.88 bits per heavy atom. The minimum atomic E-state index is 0.516. The second-order valence-electron chi connectivity index (χ2n) is 4.86. The molecule has 1 aromatic rings. The molecule has 1 aliphatic rings. The monoisotopic (exact) mass is 253 g/mol. The van der Waals surface area contributed by atoms with E-state index in [2.05, 4.69) is 29.0 Å². The molecule has 0 aromatic carbocycles. The summed E-state index contributed by atoms with van der Waals surface area (Å²) in [6.07, 6.45) is 4.66. The molecule has 1 saturated heterocycles. The van der Waals surface area contributed by atoms with Gasteiger partial charge >= 0.3 is 0 Å². The van der Waals surface area contributed by atoms with Gasteiger partial charge in [-0.05, 0) is 45.3 Å². The molecule has 96 valence electrons. The molecular formula is C13H23N3S. The lowest BCUT2D eigenvalue weighted by Crippen LogP contribution is -2.37. The fraction of sp³-hybridized carbons (Fsp3) is 0.769. The Labute approximate surface area is 108 Å². The van der Waals surface area contributed by atoms with Gasteiger partial charge in [0.05, 0.1) is 5.51 Å². The van der Waals surface area contributed by atoms with Crippen molar-refractivity contribution in [3.63, 3.8) is 0 Å². The number of piperidine rings is 1. The Hall–Kier alpha value is -0.450. The summed E-state index contributed by atoms with van der Waals surface area (Å²) in [5, 5.41) is 3.44. The van der Waals surface area contributed by atoms with E-state index in [9.17, 15) is 0 Å². The predicted octanol–water partition coefficient (Wildman–Crippen LogP) is 2.53. The van der Waals surface area contributed by atoms with Crippen molar-refractivity contribution in [2.75, 3.05) is 26.2 Å². The topological polar surface area (TPSA) is 28.2 Å². The van der Waals surface area contributed by atoms with Crippen molar-refractivity contribution < 1.29 is 0 Å². The normalized spacial score (nSPS) is 19.7. The molecule has 1 unspecified atom stereocenters. The van der Waals surface area contributed by atoms with E-state index in [4.69, 9.17) is 0 Å². The van der Waals surface area contributed by atoms with Crippen LogP contribution in [0.15, 0.2) is 11.7 Å². The number of hydrogen-bond acceptors (Lipinski definition) is 4. The van der Waals surface area contributed by atoms with Crippen molar-refractivity contribution in [3.05, 3.63) is 16.6 Å². The molecule has 1 atom stereocenters. The van der Waals surface area contributed by atoms with Crippen LogP contribution in [0.5, 0.6) is 0 Å². The summed E-state index contributed by atoms with van der Waals surface area (Å²) >= 11 is 1.77. The molecule has 0 aliphatic carbocycles. The first-order valence-electron chi connectivity index (χ1n) is 6.64. The average molecular weight is 253 g/mol. The zero-order valence-electron chi connectivity index (χ0n) is 10.9. The van der Waals surface area contributed by atoms with Crippen molar-refractivity contribution in [2.45, 2.75) is 32.7 Å². The first-order valence-corrected chi connectivity index (χ1v) is 7.52. The highest BCUT2D eigenvalue weighted by Crippen LogP contribution is 2.25. The highest BCUT2D eigenvalue weighted by molar-refractivity contribution is 7.09. The van der Waals surface area contributed by atoms with E-state index in [1.807, 2.05) is 11.7 Å². The Bertz CT molecular complexity index is 306. The fourth-order valence-electron chi connectivity index (χ4n) is 2.57. The van der Waals surface area contributed by atoms with Gasteiger partial charge < -0.3 is 5.32 Å². The summed E-state index contributed by atoms with van der Waals surface area (Å²) in [4.78, 5) is 8.17. The largest absolute Gasteiger partial charge is 0.317 e. The Morgan fingerprint density at radius 1 is 1.53 bits per heavy atom. The summed E-state index contributed by atoms with van der Waals surface area (Å²) in [6, 6.07) is 0.516. The lowest BCUT2D eigenvalue weighted by atomic mass is 9.97. The standard InChI is InChI=1S/C13H23N3S/c1-3-16(9-12-4-6-14-7-5-12)11(2)13-8-15-10-17-13/h8,10-12,14H,3-7,9H2,1-2H3. The molecule has 1 aliphatic heterocycles. The number of hydrogen-bond donors (Lipinski definition) is 1. The second kappa shape index (κ2) is 6.47. The molecule has 0 spiro atoms. The van der Waals surface area contributed by atoms with Crippen LogP contribution in [0.25, 0.3) is 0 Å². The maximum Gasteiger partial charge on any atom is 0.0794 e. The Morgan fingerprint density at radius 2 is 2.29 bits per heavy atom. The van der Waals surface area contributed by atoms with Crippen molar-refractivity contribution >= 4 is 11.3 Å². The molecule has 2 heterocycles. The molecule has 17 heavy (non-hydrogen) atoms. The van der Waals surface area contributed by atoms with Crippen LogP contribution >= 0.6 is 11.3 Å². The van der Waals surface area contributed by atoms with Crippen LogP contribution < -0.4 is 5.32 Å². The van der Waals surface area contributed by atoms with Gasteiger partial charge in [-0.3, -0.25) is 9.88 Å². The summed E-state index contributed by atoms with van der Waals surface area (Å²) in [5.74, 6) is 0.867. The molecule has 3 nitrogen and oxygen atoms in total. The van der Waals surface area contributed by atoms with E-state index in [1.165, 1.54) is 37.4 Å². The van der Waals surface area contributed by atoms with Crippen LogP contribution in [0.4, 0.5) is 0 Å². The van der Waals surface area contributed by atoms with E-state index in [0.29, 0.717) is 6.04 Å². The van der Waals surface area contributed by atoms with Gasteiger partial charge in [-0.1, -0.05) is 6.92 Å². The van der Waals surface area contributed by atoms with E-state index in [-0.39, 0.29) is 0 Å². The first kappa shape index (κ1) is 13.0. The van der Waals surface area contributed by atoms with Crippen molar-refractivity contribution in [2.24, 2.45) is 5.92 Å². The van der Waals surface area contributed by atoms with Crippen LogP contribution in [0.3, 0.4) is 0 Å². The zero-order valence-corrected chi connectivity index (χ0v) is 11.7. The fourth-order valence-corrected chi connectivity index (χ4v) is 3.28. The third kappa shape index (κ3) is 3.50. The van der Waals surface area contributed by atoms with Gasteiger partial charge in [0.25, 0.3) is 0 Å². The highest BCUT2D eigenvalue weighted by Gasteiger charge is 2.21. The van der Waals surface area contributed by atoms with Gasteiger partial charge in [0.1, 0.15) is 0 Å². The number of aromatic nitrogens is 1. The molecule has 2 rings (SSSR count). The van der Waals surface area contributed by atoms with Gasteiger partial charge in [0.2, 0.25) is 0 Å². The average Bonchev–Trinajstić information content (AvgIpc) is 2.90. The molecule has 0 saturated carbocycles. The maximum absolute atomic E-state index is 4.19. The van der Waals surface area contributed by atoms with E-state index < -0.39 is 0 Å². The molecule has 1 fully saturated rings. The number of thiazole rings is 1. The Kier molecular flexibility index (Phi) is 4.95. The summed E-state index contributed by atoms with van der Waals surface area (Å²) in [7, 11) is 0. The van der Waals surface area contributed by atoms with Crippen LogP contribution in [0, 0.1) is 5.92 Å². The Balaban J connectivity index is 1.91. The van der Waals surface area contributed by atoms with Crippen LogP contribution in [0.1, 0.15) is 37.6 Å². The summed E-state index contributed by atoms with van der Waals surface area (Å²) < 4.78 is 0. The van der Waals surface area contributed by atoms with Gasteiger partial charge in [-0.15, -0.1) is 11.3 Å². The van der Waals surface area contributed by atoms with Gasteiger partial charge in [-0.25, -0.2) is 0 Å². The molecular weight excluding hydrogens is 230 g/mol. The van der Waals surface area contributed by atoms with E-state index >= 15 is 0 Å². The molecule has 0 bridgehead atoms. The zero-order chi connectivity index (χ0) is 12.1. The SMILES string of the molecule is CCN(CC1CCNCC1)C(C)c1cncs1. The third-order valence-corrected chi connectivity index (χ3v) is 4.71. The number of rotatable bonds is 5. The lowest BCUT2D eigenvalue weighted by molar-refractivity contribution is 0.170. The first-order chi connectivity index (χ1) is 8.31. The maximum atomic E-state index is 4.19. The van der Waals surface area contributed by atoms with E-state index in [0.717, 1.165) is 12.5 Å².